The number of hydrogen-bond donors (Lipinski definition) is 2. The molecule has 21 heavy (non-hydrogen) atoms. The van der Waals surface area contributed by atoms with Gasteiger partial charge in [-0.15, -0.1) is 11.3 Å². The molecular formula is C16H16N2O2S. The normalized spacial score (nSPS) is 11.4. The first-order chi connectivity index (χ1) is 9.97. The number of H-pyrrole nitrogens is 1. The third-order valence-corrected chi connectivity index (χ3v) is 4.47. The van der Waals surface area contributed by atoms with Gasteiger partial charge in [0.05, 0.1) is 16.9 Å². The topological polar surface area (TPSA) is 66.0 Å². The first-order valence-corrected chi connectivity index (χ1v) is 7.66. The summed E-state index contributed by atoms with van der Waals surface area (Å²) in [4.78, 5) is 20.1. The van der Waals surface area contributed by atoms with Crippen LogP contribution in [0.2, 0.25) is 0 Å². The third-order valence-electron chi connectivity index (χ3n) is 3.58. The molecular weight excluding hydrogens is 284 g/mol. The van der Waals surface area contributed by atoms with Gasteiger partial charge in [0.1, 0.15) is 10.8 Å². The summed E-state index contributed by atoms with van der Waals surface area (Å²) in [6, 6.07) is 4.76. The Labute approximate surface area is 126 Å². The molecule has 3 rings (SSSR count). The second kappa shape index (κ2) is 5.00. The predicted molar refractivity (Wildman–Crippen MR) is 86.2 cm³/mol. The summed E-state index contributed by atoms with van der Waals surface area (Å²) < 4.78 is 0. The molecule has 0 spiro atoms. The van der Waals surface area contributed by atoms with Gasteiger partial charge in [0.15, 0.2) is 5.43 Å². The maximum atomic E-state index is 12.3. The van der Waals surface area contributed by atoms with Gasteiger partial charge in [-0.2, -0.15) is 0 Å². The Morgan fingerprint density at radius 1 is 1.33 bits per heavy atom. The molecule has 2 aromatic heterocycles. The molecule has 4 nitrogen and oxygen atoms in total. The lowest BCUT2D eigenvalue weighted by Crippen LogP contribution is -2.04. The van der Waals surface area contributed by atoms with Crippen LogP contribution in [0.3, 0.4) is 0 Å². The number of nitrogens with zero attached hydrogens (tertiary/aromatic N) is 1. The molecule has 0 bridgehead atoms. The predicted octanol–water partition coefficient (Wildman–Crippen LogP) is 3.79. The van der Waals surface area contributed by atoms with Crippen molar-refractivity contribution in [3.63, 3.8) is 0 Å². The highest BCUT2D eigenvalue weighted by Gasteiger charge is 2.12. The number of phenolic OH excluding ortho intramolecular Hbond substituents is 1. The molecule has 5 heteroatoms. The number of aromatic hydroxyl groups is 1. The summed E-state index contributed by atoms with van der Waals surface area (Å²) in [7, 11) is 0. The molecule has 0 amide bonds. The highest BCUT2D eigenvalue weighted by Crippen LogP contribution is 2.28. The van der Waals surface area contributed by atoms with E-state index >= 15 is 0 Å². The minimum Gasteiger partial charge on any atom is -0.508 e. The molecule has 0 fully saturated rings. The van der Waals surface area contributed by atoms with Crippen molar-refractivity contribution in [2.45, 2.75) is 26.7 Å². The van der Waals surface area contributed by atoms with E-state index in [2.05, 4.69) is 23.8 Å². The number of aromatic nitrogens is 2. The van der Waals surface area contributed by atoms with E-state index in [1.54, 1.807) is 25.1 Å². The van der Waals surface area contributed by atoms with E-state index in [0.717, 1.165) is 10.7 Å². The van der Waals surface area contributed by atoms with Crippen LogP contribution in [0.25, 0.3) is 21.6 Å². The molecule has 1 aromatic carbocycles. The molecule has 0 unspecified atom stereocenters. The Hall–Kier alpha value is -2.14. The Bertz CT molecular complexity index is 878. The maximum Gasteiger partial charge on any atom is 0.190 e. The summed E-state index contributed by atoms with van der Waals surface area (Å²) in [6.45, 7) is 5.97. The van der Waals surface area contributed by atoms with Crippen LogP contribution < -0.4 is 5.43 Å². The molecule has 0 aliphatic heterocycles. The standard InChI is InChI=1S/C16H16N2O2S/c1-8(2)12-7-21-16(18-12)11-6-14(20)10-4-5-13(19)9(3)15(10)17-11/h4-8,19H,1-3H3,(H,17,20). The van der Waals surface area contributed by atoms with Crippen molar-refractivity contribution in [3.8, 4) is 16.5 Å². The van der Waals surface area contributed by atoms with Gasteiger partial charge in [-0.25, -0.2) is 4.98 Å². The second-order valence-corrected chi connectivity index (χ2v) is 6.27. The average Bonchev–Trinajstić information content (AvgIpc) is 2.93. The molecule has 2 heterocycles. The molecule has 0 aliphatic rings. The van der Waals surface area contributed by atoms with Crippen LogP contribution in [-0.4, -0.2) is 15.1 Å². The highest BCUT2D eigenvalue weighted by molar-refractivity contribution is 7.13. The number of nitrogens with one attached hydrogen (secondary N) is 1. The van der Waals surface area contributed by atoms with Gasteiger partial charge in [0.25, 0.3) is 0 Å². The number of aromatic amines is 1. The first kappa shape index (κ1) is 13.8. The van der Waals surface area contributed by atoms with Crippen LogP contribution >= 0.6 is 11.3 Å². The summed E-state index contributed by atoms with van der Waals surface area (Å²) in [5, 5.41) is 13.2. The Morgan fingerprint density at radius 3 is 2.76 bits per heavy atom. The van der Waals surface area contributed by atoms with Crippen molar-refractivity contribution in [2.24, 2.45) is 0 Å². The number of rotatable bonds is 2. The molecule has 0 atom stereocenters. The zero-order valence-electron chi connectivity index (χ0n) is 12.1. The van der Waals surface area contributed by atoms with Crippen molar-refractivity contribution < 1.29 is 5.11 Å². The Morgan fingerprint density at radius 2 is 2.10 bits per heavy atom. The minimum absolute atomic E-state index is 0.0665. The summed E-state index contributed by atoms with van der Waals surface area (Å²) in [5.74, 6) is 0.533. The third kappa shape index (κ3) is 2.34. The van der Waals surface area contributed by atoms with E-state index in [-0.39, 0.29) is 11.2 Å². The van der Waals surface area contributed by atoms with Gasteiger partial charge in [-0.3, -0.25) is 4.79 Å². The Balaban J connectivity index is 2.24. The van der Waals surface area contributed by atoms with E-state index in [0.29, 0.717) is 28.1 Å². The summed E-state index contributed by atoms with van der Waals surface area (Å²) >= 11 is 1.51. The SMILES string of the molecule is Cc1c(O)ccc2c(=O)cc(-c3nc(C(C)C)cs3)[nH]c12. The van der Waals surface area contributed by atoms with E-state index in [9.17, 15) is 9.90 Å². The lowest BCUT2D eigenvalue weighted by molar-refractivity contribution is 0.472. The molecule has 2 N–H and O–H groups in total. The molecule has 3 aromatic rings. The van der Waals surface area contributed by atoms with Crippen molar-refractivity contribution in [1.82, 2.24) is 9.97 Å². The van der Waals surface area contributed by atoms with E-state index < -0.39 is 0 Å². The lowest BCUT2D eigenvalue weighted by Gasteiger charge is -2.06. The molecule has 0 saturated carbocycles. The van der Waals surface area contributed by atoms with Crippen LogP contribution in [0.5, 0.6) is 5.75 Å². The lowest BCUT2D eigenvalue weighted by atomic mass is 10.1. The van der Waals surface area contributed by atoms with Crippen LogP contribution in [0.15, 0.2) is 28.4 Å². The fourth-order valence-corrected chi connectivity index (χ4v) is 3.19. The van der Waals surface area contributed by atoms with Gasteiger partial charge in [0.2, 0.25) is 0 Å². The van der Waals surface area contributed by atoms with Gasteiger partial charge in [-0.05, 0) is 25.0 Å². The smallest absolute Gasteiger partial charge is 0.190 e. The fourth-order valence-electron chi connectivity index (χ4n) is 2.24. The highest BCUT2D eigenvalue weighted by atomic mass is 32.1. The number of aryl methyl sites for hydroxylation is 1. The number of thiazole rings is 1. The van der Waals surface area contributed by atoms with Crippen LogP contribution in [0.1, 0.15) is 31.0 Å². The second-order valence-electron chi connectivity index (χ2n) is 5.41. The zero-order valence-corrected chi connectivity index (χ0v) is 12.9. The van der Waals surface area contributed by atoms with Crippen LogP contribution in [0.4, 0.5) is 0 Å². The molecule has 108 valence electrons. The number of benzene rings is 1. The molecule has 0 aliphatic carbocycles. The quantitative estimate of drug-likeness (QED) is 0.756. The fraction of sp³-hybridized carbons (Fsp3) is 0.250. The average molecular weight is 300 g/mol. The van der Waals surface area contributed by atoms with Crippen molar-refractivity contribution in [1.29, 1.82) is 0 Å². The van der Waals surface area contributed by atoms with Crippen LogP contribution in [0, 0.1) is 6.92 Å². The largest absolute Gasteiger partial charge is 0.508 e. The molecule has 0 radical (unpaired) electrons. The molecule has 0 saturated heterocycles. The summed E-state index contributed by atoms with van der Waals surface area (Å²) in [6.07, 6.45) is 0. The van der Waals surface area contributed by atoms with E-state index in [1.165, 1.54) is 11.3 Å². The number of hydrogen-bond acceptors (Lipinski definition) is 4. The van der Waals surface area contributed by atoms with E-state index in [4.69, 9.17) is 0 Å². The number of pyridine rings is 1. The number of phenols is 1. The van der Waals surface area contributed by atoms with Gasteiger partial charge < -0.3 is 10.1 Å². The maximum absolute atomic E-state index is 12.3. The van der Waals surface area contributed by atoms with Crippen LogP contribution in [-0.2, 0) is 0 Å². The van der Waals surface area contributed by atoms with Gasteiger partial charge in [0, 0.05) is 22.4 Å². The zero-order chi connectivity index (χ0) is 15.1. The Kier molecular flexibility index (Phi) is 3.29. The summed E-state index contributed by atoms with van der Waals surface area (Å²) in [5.41, 5.74) is 2.98. The van der Waals surface area contributed by atoms with E-state index in [1.807, 2.05) is 5.38 Å². The minimum atomic E-state index is -0.0665. The number of fused-ring (bicyclic) bond motifs is 1. The van der Waals surface area contributed by atoms with Gasteiger partial charge in [-0.1, -0.05) is 13.8 Å². The first-order valence-electron chi connectivity index (χ1n) is 6.78. The van der Waals surface area contributed by atoms with Crippen molar-refractivity contribution in [2.75, 3.05) is 0 Å². The monoisotopic (exact) mass is 300 g/mol. The van der Waals surface area contributed by atoms with Crippen molar-refractivity contribution in [3.05, 3.63) is 45.1 Å². The van der Waals surface area contributed by atoms with Crippen molar-refractivity contribution >= 4 is 22.2 Å². The van der Waals surface area contributed by atoms with Gasteiger partial charge >= 0.3 is 0 Å².